The van der Waals surface area contributed by atoms with Crippen LogP contribution in [0.2, 0.25) is 0 Å². The summed E-state index contributed by atoms with van der Waals surface area (Å²) in [6, 6.07) is 0. The maximum Gasteiger partial charge on any atom is 0.472 e. The molecule has 9 nitrogen and oxygen atoms in total. The molecule has 0 aromatic carbocycles. The number of phosphoric ester groups is 1. The van der Waals surface area contributed by atoms with E-state index in [9.17, 15) is 14.3 Å². The predicted molar refractivity (Wildman–Crippen MR) is 223 cm³/mol. The quantitative estimate of drug-likeness (QED) is 0.0125. The Kier molecular flexibility index (Phi) is 31.9. The molecule has 318 valence electrons. The smallest absolute Gasteiger partial charge is 0.472 e. The van der Waals surface area contributed by atoms with E-state index >= 15 is 0 Å². The number of allylic oxidation sites excluding steroid dienone is 2. The fourth-order valence-corrected chi connectivity index (χ4v) is 7.11. The van der Waals surface area contributed by atoms with Gasteiger partial charge in [-0.1, -0.05) is 148 Å². The summed E-state index contributed by atoms with van der Waals surface area (Å²) in [5.74, 6) is -0.292. The molecule has 1 rings (SSSR count). The number of esters is 1. The van der Waals surface area contributed by atoms with Crippen LogP contribution in [0.15, 0.2) is 24.5 Å². The number of likely N-dealkylation sites (N-methyl/N-ethyl adjacent to an activating group) is 1. The number of hydrogen-bond donors (Lipinski definition) is 1. The number of nitrogens with zero attached hydrogens (tertiary/aromatic N) is 1. The Labute approximate surface area is 332 Å². The summed E-state index contributed by atoms with van der Waals surface area (Å²) in [6.07, 6.45) is 40.5. The summed E-state index contributed by atoms with van der Waals surface area (Å²) in [4.78, 5) is 22.7. The minimum absolute atomic E-state index is 0.0569. The van der Waals surface area contributed by atoms with Crippen molar-refractivity contribution in [2.24, 2.45) is 0 Å². The van der Waals surface area contributed by atoms with Gasteiger partial charge in [0.05, 0.1) is 46.2 Å². The normalized spacial score (nSPS) is 17.7. The third-order valence-corrected chi connectivity index (χ3v) is 11.0. The van der Waals surface area contributed by atoms with Crippen molar-refractivity contribution in [2.75, 3.05) is 47.5 Å². The second-order valence-corrected chi connectivity index (χ2v) is 18.0. The minimum Gasteiger partial charge on any atom is -0.492 e. The lowest BCUT2D eigenvalue weighted by Gasteiger charge is -2.24. The zero-order chi connectivity index (χ0) is 39.6. The molecular weight excluding hydrogens is 701 g/mol. The lowest BCUT2D eigenvalue weighted by molar-refractivity contribution is -0.870. The highest BCUT2D eigenvalue weighted by molar-refractivity contribution is 7.47. The molecule has 0 aromatic rings. The Morgan fingerprint density at radius 2 is 1.22 bits per heavy atom. The van der Waals surface area contributed by atoms with Crippen LogP contribution in [0.3, 0.4) is 0 Å². The van der Waals surface area contributed by atoms with Crippen molar-refractivity contribution in [3.8, 4) is 0 Å². The lowest BCUT2D eigenvalue weighted by Crippen LogP contribution is -2.37. The average Bonchev–Trinajstić information content (AvgIpc) is 3.88. The Morgan fingerprint density at radius 1 is 0.685 bits per heavy atom. The molecule has 0 bridgehead atoms. The first-order chi connectivity index (χ1) is 26.1. The van der Waals surface area contributed by atoms with Gasteiger partial charge in [-0.25, -0.2) is 4.57 Å². The first-order valence-electron chi connectivity index (χ1n) is 22.2. The van der Waals surface area contributed by atoms with Gasteiger partial charge in [0.2, 0.25) is 0 Å². The summed E-state index contributed by atoms with van der Waals surface area (Å²) in [5.41, 5.74) is 0. The molecule has 54 heavy (non-hydrogen) atoms. The number of rotatable bonds is 40. The maximum atomic E-state index is 12.5. The predicted octanol–water partition coefficient (Wildman–Crippen LogP) is 12.2. The number of carbonyl (C=O) groups is 1. The van der Waals surface area contributed by atoms with E-state index in [1.807, 2.05) is 27.2 Å². The number of hydrogen-bond acceptors (Lipinski definition) is 7. The fraction of sp³-hybridized carbons (Fsp3) is 0.886. The van der Waals surface area contributed by atoms with Crippen molar-refractivity contribution in [3.05, 3.63) is 24.5 Å². The Bertz CT molecular complexity index is 984. The van der Waals surface area contributed by atoms with Crippen molar-refractivity contribution in [3.63, 3.8) is 0 Å². The van der Waals surface area contributed by atoms with Gasteiger partial charge < -0.3 is 23.6 Å². The van der Waals surface area contributed by atoms with Gasteiger partial charge in [-0.05, 0) is 51.0 Å². The fourth-order valence-electron chi connectivity index (χ4n) is 6.37. The zero-order valence-corrected chi connectivity index (χ0v) is 36.6. The number of carbonyl (C=O) groups excluding carboxylic acids is 1. The molecule has 1 fully saturated rings. The molecule has 0 saturated carbocycles. The Balaban J connectivity index is 2.23. The van der Waals surface area contributed by atoms with Gasteiger partial charge in [0.1, 0.15) is 19.8 Å². The van der Waals surface area contributed by atoms with Gasteiger partial charge in [-0.15, -0.1) is 0 Å². The average molecular weight is 787 g/mol. The number of epoxide rings is 1. The van der Waals surface area contributed by atoms with E-state index in [1.165, 1.54) is 109 Å². The molecule has 0 aromatic heterocycles. The third-order valence-electron chi connectivity index (χ3n) is 10.0. The van der Waals surface area contributed by atoms with Crippen molar-refractivity contribution in [1.29, 1.82) is 0 Å². The van der Waals surface area contributed by atoms with E-state index in [4.69, 9.17) is 23.3 Å². The largest absolute Gasteiger partial charge is 0.492 e. The van der Waals surface area contributed by atoms with Crippen LogP contribution in [0, 0.1) is 0 Å². The van der Waals surface area contributed by atoms with Crippen molar-refractivity contribution in [2.45, 2.75) is 206 Å². The van der Waals surface area contributed by atoms with Crippen molar-refractivity contribution in [1.82, 2.24) is 0 Å². The van der Waals surface area contributed by atoms with E-state index in [1.54, 1.807) is 6.26 Å². The van der Waals surface area contributed by atoms with Crippen LogP contribution in [0.5, 0.6) is 0 Å². The number of ether oxygens (including phenoxy) is 3. The molecule has 1 heterocycles. The summed E-state index contributed by atoms with van der Waals surface area (Å²) in [5, 5.41) is 0. The van der Waals surface area contributed by atoms with Gasteiger partial charge in [-0.3, -0.25) is 13.8 Å². The first-order valence-corrected chi connectivity index (χ1v) is 23.7. The van der Waals surface area contributed by atoms with Crippen LogP contribution < -0.4 is 0 Å². The van der Waals surface area contributed by atoms with Crippen LogP contribution >= 0.6 is 7.82 Å². The molecule has 1 aliphatic rings. The molecule has 4 atom stereocenters. The molecule has 0 aliphatic carbocycles. The SMILES string of the molecule is CCCCCCCCCCCCCCCC/C=C/O[C@H](COC(=O)CCCCCCC/C=C\CC1OC1CCCCC)COP(=O)(O)OCC[N+](C)(C)C. The molecule has 0 radical (unpaired) electrons. The van der Waals surface area contributed by atoms with Gasteiger partial charge in [0.25, 0.3) is 0 Å². The van der Waals surface area contributed by atoms with Crippen LogP contribution in [0.25, 0.3) is 0 Å². The number of unbranched alkanes of at least 4 members (excludes halogenated alkanes) is 21. The second-order valence-electron chi connectivity index (χ2n) is 16.5. The molecular formula is C44H85NO8P+. The molecule has 1 saturated heterocycles. The van der Waals surface area contributed by atoms with Crippen molar-refractivity contribution >= 4 is 13.8 Å². The van der Waals surface area contributed by atoms with Crippen LogP contribution in [-0.2, 0) is 32.6 Å². The first kappa shape index (κ1) is 50.8. The van der Waals surface area contributed by atoms with E-state index < -0.39 is 13.9 Å². The highest BCUT2D eigenvalue weighted by Gasteiger charge is 2.36. The van der Waals surface area contributed by atoms with E-state index in [0.29, 0.717) is 29.7 Å². The summed E-state index contributed by atoms with van der Waals surface area (Å²) in [7, 11) is 1.66. The highest BCUT2D eigenvalue weighted by Crippen LogP contribution is 2.43. The number of phosphoric acid groups is 1. The van der Waals surface area contributed by atoms with Gasteiger partial charge >= 0.3 is 13.8 Å². The number of quaternary nitrogens is 1. The molecule has 3 unspecified atom stereocenters. The van der Waals surface area contributed by atoms with Gasteiger partial charge in [0.15, 0.2) is 6.10 Å². The van der Waals surface area contributed by atoms with Gasteiger partial charge in [0, 0.05) is 6.42 Å². The minimum atomic E-state index is -4.27. The Hall–Kier alpha value is -1.22. The van der Waals surface area contributed by atoms with E-state index in [2.05, 4.69) is 26.0 Å². The summed E-state index contributed by atoms with van der Waals surface area (Å²) in [6.45, 7) is 4.87. The lowest BCUT2D eigenvalue weighted by atomic mass is 10.0. The van der Waals surface area contributed by atoms with Crippen LogP contribution in [0.1, 0.15) is 187 Å². The molecule has 0 amide bonds. The molecule has 1 aliphatic heterocycles. The standard InChI is InChI=1S/C44H84NO8P/c1-6-8-10-11-12-13-14-15-16-17-18-19-22-25-28-32-37-49-41(40-52-54(47,48)51-38-36-45(3,4)5)39-50-44(46)35-31-27-24-21-20-23-26-30-34-43-42(53-43)33-29-9-7-2/h26,30,32,37,41-43H,6-25,27-29,31,33-36,38-40H2,1-5H3/p+1/b30-26-,37-32+/t41-,42?,43?/m1/s1. The molecule has 1 N–H and O–H groups in total. The van der Waals surface area contributed by atoms with Crippen LogP contribution in [-0.4, -0.2) is 81.2 Å². The second kappa shape index (κ2) is 33.9. The third kappa shape index (κ3) is 34.1. The summed E-state index contributed by atoms with van der Waals surface area (Å²) < 4.78 is 40.5. The summed E-state index contributed by atoms with van der Waals surface area (Å²) >= 11 is 0. The van der Waals surface area contributed by atoms with Crippen LogP contribution in [0.4, 0.5) is 0 Å². The van der Waals surface area contributed by atoms with E-state index in [-0.39, 0.29) is 25.8 Å². The monoisotopic (exact) mass is 787 g/mol. The maximum absolute atomic E-state index is 12.5. The zero-order valence-electron chi connectivity index (χ0n) is 35.7. The molecule has 0 spiro atoms. The van der Waals surface area contributed by atoms with E-state index in [0.717, 1.165) is 57.8 Å². The molecule has 10 heteroatoms. The van der Waals surface area contributed by atoms with Crippen molar-refractivity contribution < 1.29 is 42.0 Å². The van der Waals surface area contributed by atoms with Gasteiger partial charge in [-0.2, -0.15) is 0 Å². The topological polar surface area (TPSA) is 104 Å². The Morgan fingerprint density at radius 3 is 1.81 bits per heavy atom. The highest BCUT2D eigenvalue weighted by atomic mass is 31.2.